The Balaban J connectivity index is 2.38. The van der Waals surface area contributed by atoms with E-state index in [0.717, 1.165) is 0 Å². The maximum atomic E-state index is 12.4. The Bertz CT molecular complexity index is 524. The van der Waals surface area contributed by atoms with Crippen LogP contribution in [0.5, 0.6) is 5.75 Å². The highest BCUT2D eigenvalue weighted by atomic mass is 19.3. The van der Waals surface area contributed by atoms with Gasteiger partial charge in [0, 0.05) is 18.0 Å². The second-order valence-electron chi connectivity index (χ2n) is 3.65. The number of halogens is 2. The summed E-state index contributed by atoms with van der Waals surface area (Å²) in [6.45, 7) is -2.90. The zero-order chi connectivity index (χ0) is 13.7. The van der Waals surface area contributed by atoms with Gasteiger partial charge in [0.2, 0.25) is 0 Å². The quantitative estimate of drug-likeness (QED) is 0.635. The molecule has 0 aliphatic carbocycles. The summed E-state index contributed by atoms with van der Waals surface area (Å²) in [5.74, 6) is 5.52. The van der Waals surface area contributed by atoms with E-state index >= 15 is 0 Å². The molecule has 100 valence electrons. The van der Waals surface area contributed by atoms with Crippen molar-refractivity contribution in [3.63, 3.8) is 0 Å². The lowest BCUT2D eigenvalue weighted by atomic mass is 10.0. The number of para-hydroxylation sites is 1. The van der Waals surface area contributed by atoms with E-state index in [1.54, 1.807) is 18.2 Å². The Labute approximate surface area is 108 Å². The van der Waals surface area contributed by atoms with Crippen LogP contribution in [0.4, 0.5) is 8.78 Å². The van der Waals surface area contributed by atoms with Crippen LogP contribution in [0.2, 0.25) is 0 Å². The largest absolute Gasteiger partial charge is 0.434 e. The van der Waals surface area contributed by atoms with Crippen LogP contribution in [0.3, 0.4) is 0 Å². The summed E-state index contributed by atoms with van der Waals surface area (Å²) in [6, 6.07) is 5.81. The lowest BCUT2D eigenvalue weighted by Gasteiger charge is -2.18. The van der Waals surface area contributed by atoms with Crippen molar-refractivity contribution in [2.24, 2.45) is 5.84 Å². The highest BCUT2D eigenvalue weighted by Gasteiger charge is 2.19. The van der Waals surface area contributed by atoms with Gasteiger partial charge in [0.15, 0.2) is 0 Å². The van der Waals surface area contributed by atoms with Crippen molar-refractivity contribution in [1.82, 2.24) is 15.4 Å². The van der Waals surface area contributed by atoms with Crippen molar-refractivity contribution in [3.05, 3.63) is 54.1 Å². The number of nitrogens with one attached hydrogen (secondary N) is 1. The summed E-state index contributed by atoms with van der Waals surface area (Å²) >= 11 is 0. The zero-order valence-corrected chi connectivity index (χ0v) is 9.83. The number of hydrogen-bond acceptors (Lipinski definition) is 5. The molecule has 1 aromatic heterocycles. The van der Waals surface area contributed by atoms with E-state index in [-0.39, 0.29) is 5.75 Å². The van der Waals surface area contributed by atoms with E-state index in [9.17, 15) is 8.78 Å². The SMILES string of the molecule is NNC(c1cnccn1)c1ccccc1OC(F)F. The van der Waals surface area contributed by atoms with Gasteiger partial charge in [-0.05, 0) is 6.07 Å². The first-order valence-corrected chi connectivity index (χ1v) is 5.48. The predicted molar refractivity (Wildman–Crippen MR) is 64.3 cm³/mol. The maximum absolute atomic E-state index is 12.4. The number of nitrogens with zero attached hydrogens (tertiary/aromatic N) is 2. The molecule has 0 amide bonds. The second kappa shape index (κ2) is 6.17. The highest BCUT2D eigenvalue weighted by Crippen LogP contribution is 2.29. The van der Waals surface area contributed by atoms with E-state index in [1.165, 1.54) is 24.7 Å². The Morgan fingerprint density at radius 2 is 2.00 bits per heavy atom. The average molecular weight is 266 g/mol. The third-order valence-corrected chi connectivity index (χ3v) is 2.49. The molecule has 0 fully saturated rings. The van der Waals surface area contributed by atoms with Crippen molar-refractivity contribution in [2.45, 2.75) is 12.7 Å². The van der Waals surface area contributed by atoms with Crippen LogP contribution in [0.1, 0.15) is 17.3 Å². The van der Waals surface area contributed by atoms with E-state index in [2.05, 4.69) is 20.1 Å². The van der Waals surface area contributed by atoms with Crippen LogP contribution in [0.25, 0.3) is 0 Å². The average Bonchev–Trinajstić information content (AvgIpc) is 2.42. The number of rotatable bonds is 5. The maximum Gasteiger partial charge on any atom is 0.387 e. The first-order chi connectivity index (χ1) is 9.22. The molecule has 0 bridgehead atoms. The third-order valence-electron chi connectivity index (χ3n) is 2.49. The molecule has 0 spiro atoms. The fourth-order valence-corrected chi connectivity index (χ4v) is 1.72. The van der Waals surface area contributed by atoms with Gasteiger partial charge in [-0.2, -0.15) is 8.78 Å². The van der Waals surface area contributed by atoms with Gasteiger partial charge in [-0.3, -0.25) is 15.8 Å². The Morgan fingerprint density at radius 1 is 1.21 bits per heavy atom. The van der Waals surface area contributed by atoms with Gasteiger partial charge in [0.1, 0.15) is 5.75 Å². The highest BCUT2D eigenvalue weighted by molar-refractivity contribution is 5.39. The molecule has 2 rings (SSSR count). The van der Waals surface area contributed by atoms with Crippen LogP contribution < -0.4 is 16.0 Å². The first kappa shape index (κ1) is 13.3. The van der Waals surface area contributed by atoms with Gasteiger partial charge < -0.3 is 4.74 Å². The molecule has 5 nitrogen and oxygen atoms in total. The molecule has 0 radical (unpaired) electrons. The smallest absolute Gasteiger partial charge is 0.387 e. The normalized spacial score (nSPS) is 12.4. The molecule has 19 heavy (non-hydrogen) atoms. The van der Waals surface area contributed by atoms with Gasteiger partial charge in [-0.15, -0.1) is 0 Å². The van der Waals surface area contributed by atoms with E-state index in [0.29, 0.717) is 11.3 Å². The van der Waals surface area contributed by atoms with Crippen molar-refractivity contribution < 1.29 is 13.5 Å². The number of nitrogens with two attached hydrogens (primary N) is 1. The number of ether oxygens (including phenoxy) is 1. The summed E-state index contributed by atoms with van der Waals surface area (Å²) in [5, 5.41) is 0. The van der Waals surface area contributed by atoms with Crippen LogP contribution in [0, 0.1) is 0 Å². The summed E-state index contributed by atoms with van der Waals surface area (Å²) in [7, 11) is 0. The monoisotopic (exact) mass is 266 g/mol. The molecular formula is C12H12F2N4O. The standard InChI is InChI=1S/C12H12F2N4O/c13-12(14)19-10-4-2-1-3-8(10)11(18-15)9-7-16-5-6-17-9/h1-7,11-12,18H,15H2. The molecule has 0 saturated heterocycles. The number of benzene rings is 1. The molecule has 2 aromatic rings. The number of aromatic nitrogens is 2. The lowest BCUT2D eigenvalue weighted by Crippen LogP contribution is -2.30. The summed E-state index contributed by atoms with van der Waals surface area (Å²) in [5.41, 5.74) is 3.49. The molecule has 7 heteroatoms. The molecule has 1 aromatic carbocycles. The van der Waals surface area contributed by atoms with Crippen molar-refractivity contribution in [2.75, 3.05) is 0 Å². The van der Waals surface area contributed by atoms with Gasteiger partial charge in [0.05, 0.1) is 17.9 Å². The van der Waals surface area contributed by atoms with Crippen molar-refractivity contribution in [1.29, 1.82) is 0 Å². The summed E-state index contributed by atoms with van der Waals surface area (Å²) in [4.78, 5) is 8.02. The molecule has 1 unspecified atom stereocenters. The van der Waals surface area contributed by atoms with Crippen LogP contribution >= 0.6 is 0 Å². The van der Waals surface area contributed by atoms with Crippen LogP contribution in [-0.4, -0.2) is 16.6 Å². The van der Waals surface area contributed by atoms with Crippen LogP contribution in [0.15, 0.2) is 42.9 Å². The number of alkyl halides is 2. The minimum atomic E-state index is -2.90. The number of hydrogen-bond donors (Lipinski definition) is 2. The Hall–Kier alpha value is -2.12. The molecule has 1 heterocycles. The Kier molecular flexibility index (Phi) is 4.32. The van der Waals surface area contributed by atoms with Gasteiger partial charge >= 0.3 is 6.61 Å². The lowest BCUT2D eigenvalue weighted by molar-refractivity contribution is -0.0506. The Morgan fingerprint density at radius 3 is 2.63 bits per heavy atom. The predicted octanol–water partition coefficient (Wildman–Crippen LogP) is 1.63. The molecule has 0 saturated carbocycles. The minimum absolute atomic E-state index is 0.0473. The number of hydrazine groups is 1. The van der Waals surface area contributed by atoms with E-state index in [1.807, 2.05) is 0 Å². The van der Waals surface area contributed by atoms with Crippen LogP contribution in [-0.2, 0) is 0 Å². The van der Waals surface area contributed by atoms with E-state index < -0.39 is 12.7 Å². The fraction of sp³-hybridized carbons (Fsp3) is 0.167. The molecule has 3 N–H and O–H groups in total. The zero-order valence-electron chi connectivity index (χ0n) is 9.83. The first-order valence-electron chi connectivity index (χ1n) is 5.48. The third kappa shape index (κ3) is 3.21. The van der Waals surface area contributed by atoms with Gasteiger partial charge in [-0.25, -0.2) is 5.43 Å². The van der Waals surface area contributed by atoms with E-state index in [4.69, 9.17) is 5.84 Å². The molecular weight excluding hydrogens is 254 g/mol. The fourth-order valence-electron chi connectivity index (χ4n) is 1.72. The summed E-state index contributed by atoms with van der Waals surface area (Å²) < 4.78 is 29.2. The minimum Gasteiger partial charge on any atom is -0.434 e. The van der Waals surface area contributed by atoms with Gasteiger partial charge in [-0.1, -0.05) is 18.2 Å². The van der Waals surface area contributed by atoms with Gasteiger partial charge in [0.25, 0.3) is 0 Å². The summed E-state index contributed by atoms with van der Waals surface area (Å²) in [6.07, 6.45) is 4.51. The topological polar surface area (TPSA) is 73.1 Å². The van der Waals surface area contributed by atoms with Crippen molar-refractivity contribution >= 4 is 0 Å². The molecule has 0 aliphatic heterocycles. The molecule has 1 atom stereocenters. The second-order valence-corrected chi connectivity index (χ2v) is 3.65. The van der Waals surface area contributed by atoms with Crippen molar-refractivity contribution in [3.8, 4) is 5.75 Å². The molecule has 0 aliphatic rings.